The summed E-state index contributed by atoms with van der Waals surface area (Å²) in [6, 6.07) is 9.12. The number of carbonyl (C=O) groups excluding carboxylic acids is 1. The number of morpholine rings is 1. The van der Waals surface area contributed by atoms with E-state index in [1.807, 2.05) is 47.9 Å². The largest absolute Gasteiger partial charge is 0.378 e. The highest BCUT2D eigenvalue weighted by Crippen LogP contribution is 2.31. The molecule has 1 amide bonds. The van der Waals surface area contributed by atoms with Crippen LogP contribution >= 0.6 is 11.5 Å². The molecule has 2 bridgehead atoms. The highest BCUT2D eigenvalue weighted by molar-refractivity contribution is 7.03. The fraction of sp³-hybridized carbons (Fsp3) is 0.429. The highest BCUT2D eigenvalue weighted by Gasteiger charge is 2.39. The van der Waals surface area contributed by atoms with Crippen LogP contribution in [0, 0.1) is 0 Å². The van der Waals surface area contributed by atoms with Crippen LogP contribution in [0.25, 0.3) is 16.6 Å². The number of hydrogen-bond donors (Lipinski definition) is 0. The second-order valence-electron chi connectivity index (χ2n) is 7.86. The minimum Gasteiger partial charge on any atom is -0.378 e. The third kappa shape index (κ3) is 2.85. The Morgan fingerprint density at radius 2 is 2.00 bits per heavy atom. The van der Waals surface area contributed by atoms with Gasteiger partial charge < -0.3 is 14.2 Å². The average Bonchev–Trinajstić information content (AvgIpc) is 3.34. The first kappa shape index (κ1) is 17.8. The molecular formula is C21H24N4O2S. The summed E-state index contributed by atoms with van der Waals surface area (Å²) in [5, 5.41) is 2.99. The third-order valence-corrected chi connectivity index (χ3v) is 6.94. The molecule has 28 heavy (non-hydrogen) atoms. The Morgan fingerprint density at radius 3 is 2.71 bits per heavy atom. The summed E-state index contributed by atoms with van der Waals surface area (Å²) < 4.78 is 12.0. The Morgan fingerprint density at radius 1 is 1.25 bits per heavy atom. The van der Waals surface area contributed by atoms with Crippen LogP contribution in [0.1, 0.15) is 23.2 Å². The van der Waals surface area contributed by atoms with Crippen LogP contribution in [0.3, 0.4) is 0 Å². The van der Waals surface area contributed by atoms with Gasteiger partial charge in [0.2, 0.25) is 0 Å². The second kappa shape index (κ2) is 6.99. The predicted octanol–water partition coefficient (Wildman–Crippen LogP) is 3.02. The summed E-state index contributed by atoms with van der Waals surface area (Å²) in [6.07, 6.45) is 5.73. The quantitative estimate of drug-likeness (QED) is 0.683. The van der Waals surface area contributed by atoms with Gasteiger partial charge in [0.05, 0.1) is 36.2 Å². The average molecular weight is 397 g/mol. The molecule has 2 aliphatic heterocycles. The second-order valence-corrected chi connectivity index (χ2v) is 8.52. The molecule has 0 spiro atoms. The molecule has 3 aromatic rings. The number of benzene rings is 1. The number of para-hydroxylation sites is 1. The van der Waals surface area contributed by atoms with Gasteiger partial charge in [-0.25, -0.2) is 0 Å². The van der Waals surface area contributed by atoms with Crippen molar-refractivity contribution < 1.29 is 9.53 Å². The first-order valence-corrected chi connectivity index (χ1v) is 10.5. The standard InChI is InChI=1S/C21H24N4O2S/c1-23-15-7-14(8-16(23)12-27-11-15)24(2)21(26)19-10-25(17-9-22-28-13-17)20-6-4-3-5-18(19)20/h3-6,9-10,13-16H,7-8,11-12H2,1-2H3/t14?,15-,16+. The zero-order valence-corrected chi connectivity index (χ0v) is 16.9. The number of hydrogen-bond acceptors (Lipinski definition) is 5. The Balaban J connectivity index is 1.48. The van der Waals surface area contributed by atoms with Crippen LogP contribution in [-0.2, 0) is 4.74 Å². The summed E-state index contributed by atoms with van der Waals surface area (Å²) in [5.41, 5.74) is 2.78. The maximum absolute atomic E-state index is 13.5. The summed E-state index contributed by atoms with van der Waals surface area (Å²) in [5.74, 6) is 0.0895. The summed E-state index contributed by atoms with van der Waals surface area (Å²) in [7, 11) is 4.13. The number of fused-ring (bicyclic) bond motifs is 3. The number of nitrogens with zero attached hydrogens (tertiary/aromatic N) is 4. The fourth-order valence-corrected chi connectivity index (χ4v) is 5.13. The van der Waals surface area contributed by atoms with Gasteiger partial charge >= 0.3 is 0 Å². The van der Waals surface area contributed by atoms with E-state index in [0.717, 1.165) is 48.2 Å². The minimum absolute atomic E-state index is 0.0895. The van der Waals surface area contributed by atoms with Crippen molar-refractivity contribution in [2.45, 2.75) is 31.0 Å². The highest BCUT2D eigenvalue weighted by atomic mass is 32.1. The van der Waals surface area contributed by atoms with Crippen LogP contribution in [0.4, 0.5) is 0 Å². The first-order valence-electron chi connectivity index (χ1n) is 9.70. The Kier molecular flexibility index (Phi) is 4.45. The lowest BCUT2D eigenvalue weighted by Crippen LogP contribution is -2.59. The monoisotopic (exact) mass is 396 g/mol. The van der Waals surface area contributed by atoms with Crippen molar-refractivity contribution >= 4 is 28.3 Å². The molecule has 0 radical (unpaired) electrons. The number of amides is 1. The number of likely N-dealkylation sites (N-methyl/N-ethyl adjacent to an activating group) is 1. The van der Waals surface area contributed by atoms with Crippen molar-refractivity contribution in [1.29, 1.82) is 0 Å². The summed E-state index contributed by atoms with van der Waals surface area (Å²) >= 11 is 1.42. The molecule has 2 aliphatic rings. The van der Waals surface area contributed by atoms with Crippen LogP contribution in [0.5, 0.6) is 0 Å². The minimum atomic E-state index is 0.0895. The van der Waals surface area contributed by atoms with Crippen LogP contribution in [-0.4, -0.2) is 70.1 Å². The number of ether oxygens (including phenoxy) is 1. The Hall–Kier alpha value is -2.22. The van der Waals surface area contributed by atoms with E-state index in [0.29, 0.717) is 12.1 Å². The van der Waals surface area contributed by atoms with Crippen LogP contribution in [0.15, 0.2) is 42.0 Å². The molecule has 2 fully saturated rings. The topological polar surface area (TPSA) is 50.6 Å². The van der Waals surface area contributed by atoms with Gasteiger partial charge in [-0.05, 0) is 37.5 Å². The number of carbonyl (C=O) groups is 1. The normalized spacial score (nSPS) is 25.1. The molecule has 4 heterocycles. The SMILES string of the molecule is CN(C(=O)c1cn(-c2cnsc2)c2ccccc12)C1C[C@H]2COC[C@@H](C1)N2C. The van der Waals surface area contributed by atoms with E-state index in [2.05, 4.69) is 27.0 Å². The van der Waals surface area contributed by atoms with Crippen molar-refractivity contribution in [3.8, 4) is 5.69 Å². The Bertz CT molecular complexity index is 985. The van der Waals surface area contributed by atoms with Crippen molar-refractivity contribution in [2.75, 3.05) is 27.3 Å². The van der Waals surface area contributed by atoms with Gasteiger partial charge in [-0.15, -0.1) is 0 Å². The van der Waals surface area contributed by atoms with Gasteiger partial charge in [0, 0.05) is 42.1 Å². The molecule has 1 unspecified atom stereocenters. The van der Waals surface area contributed by atoms with Crippen LogP contribution < -0.4 is 0 Å². The number of aromatic nitrogens is 2. The molecule has 5 rings (SSSR count). The zero-order chi connectivity index (χ0) is 19.3. The number of rotatable bonds is 3. The fourth-order valence-electron chi connectivity index (χ4n) is 4.62. The molecule has 1 aromatic carbocycles. The van der Waals surface area contributed by atoms with Crippen molar-refractivity contribution in [3.63, 3.8) is 0 Å². The molecular weight excluding hydrogens is 372 g/mol. The first-order chi connectivity index (χ1) is 13.6. The maximum atomic E-state index is 13.5. The van der Waals surface area contributed by atoms with E-state index < -0.39 is 0 Å². The lowest BCUT2D eigenvalue weighted by molar-refractivity contribution is -0.0772. The molecule has 0 N–H and O–H groups in total. The van der Waals surface area contributed by atoms with E-state index in [-0.39, 0.29) is 11.9 Å². The van der Waals surface area contributed by atoms with Crippen molar-refractivity contribution in [3.05, 3.63) is 47.6 Å². The maximum Gasteiger partial charge on any atom is 0.256 e. The molecule has 2 saturated heterocycles. The van der Waals surface area contributed by atoms with Gasteiger partial charge in [0.15, 0.2) is 0 Å². The molecule has 7 heteroatoms. The lowest BCUT2D eigenvalue weighted by atomic mass is 9.89. The van der Waals surface area contributed by atoms with Gasteiger partial charge in [-0.1, -0.05) is 18.2 Å². The van der Waals surface area contributed by atoms with E-state index in [1.54, 1.807) is 0 Å². The molecule has 0 saturated carbocycles. The Labute approximate surface area is 168 Å². The van der Waals surface area contributed by atoms with E-state index in [1.165, 1.54) is 11.5 Å². The molecule has 3 atom stereocenters. The summed E-state index contributed by atoms with van der Waals surface area (Å²) in [6.45, 7) is 1.52. The third-order valence-electron chi connectivity index (χ3n) is 6.37. The predicted molar refractivity (Wildman–Crippen MR) is 110 cm³/mol. The summed E-state index contributed by atoms with van der Waals surface area (Å²) in [4.78, 5) is 17.9. The van der Waals surface area contributed by atoms with Gasteiger partial charge in [0.1, 0.15) is 0 Å². The van der Waals surface area contributed by atoms with E-state index in [9.17, 15) is 4.79 Å². The van der Waals surface area contributed by atoms with Crippen molar-refractivity contribution in [1.82, 2.24) is 18.7 Å². The smallest absolute Gasteiger partial charge is 0.256 e. The molecule has 6 nitrogen and oxygen atoms in total. The molecule has 2 aromatic heterocycles. The molecule has 146 valence electrons. The van der Waals surface area contributed by atoms with Gasteiger partial charge in [-0.3, -0.25) is 9.69 Å². The van der Waals surface area contributed by atoms with E-state index >= 15 is 0 Å². The van der Waals surface area contributed by atoms with Crippen LogP contribution in [0.2, 0.25) is 0 Å². The zero-order valence-electron chi connectivity index (χ0n) is 16.1. The number of piperidine rings is 1. The van der Waals surface area contributed by atoms with Gasteiger partial charge in [-0.2, -0.15) is 4.37 Å². The van der Waals surface area contributed by atoms with Crippen molar-refractivity contribution in [2.24, 2.45) is 0 Å². The van der Waals surface area contributed by atoms with E-state index in [4.69, 9.17) is 4.74 Å². The van der Waals surface area contributed by atoms with Gasteiger partial charge in [0.25, 0.3) is 5.91 Å². The lowest BCUT2D eigenvalue weighted by Gasteiger charge is -2.48. The molecule has 0 aliphatic carbocycles.